The minimum Gasteiger partial charge on any atom is -0.380 e. The van der Waals surface area contributed by atoms with Gasteiger partial charge in [-0.2, -0.15) is 0 Å². The number of aryl methyl sites for hydroxylation is 1. The van der Waals surface area contributed by atoms with Gasteiger partial charge < -0.3 is 15.4 Å². The van der Waals surface area contributed by atoms with Gasteiger partial charge in [0.05, 0.1) is 12.6 Å². The van der Waals surface area contributed by atoms with E-state index in [1.807, 2.05) is 6.92 Å². The number of rotatable bonds is 9. The first kappa shape index (κ1) is 17.7. The number of ether oxygens (including phenoxy) is 1. The molecule has 1 rings (SSSR count). The number of nitrogens with zero attached hydrogens (tertiary/aromatic N) is 2. The van der Waals surface area contributed by atoms with E-state index in [4.69, 9.17) is 4.74 Å². The lowest BCUT2D eigenvalue weighted by atomic mass is 10.1. The molecule has 0 aliphatic carbocycles. The predicted octanol–water partition coefficient (Wildman–Crippen LogP) is 3.25. The Balaban J connectivity index is 3.00. The number of hydrogen-bond donors (Lipinski definition) is 2. The van der Waals surface area contributed by atoms with Gasteiger partial charge in [-0.15, -0.1) is 0 Å². The molecule has 5 heteroatoms. The zero-order valence-corrected chi connectivity index (χ0v) is 14.3. The third-order valence-corrected chi connectivity index (χ3v) is 3.48. The quantitative estimate of drug-likeness (QED) is 0.732. The smallest absolute Gasteiger partial charge is 0.135 e. The number of hydrogen-bond acceptors (Lipinski definition) is 5. The first-order chi connectivity index (χ1) is 10.0. The van der Waals surface area contributed by atoms with Crippen LogP contribution < -0.4 is 10.6 Å². The van der Waals surface area contributed by atoms with E-state index in [0.717, 1.165) is 42.6 Å². The molecule has 21 heavy (non-hydrogen) atoms. The summed E-state index contributed by atoms with van der Waals surface area (Å²) < 4.78 is 5.58. The molecule has 0 amide bonds. The highest BCUT2D eigenvalue weighted by Crippen LogP contribution is 2.22. The van der Waals surface area contributed by atoms with Crippen LogP contribution >= 0.6 is 0 Å². The highest BCUT2D eigenvalue weighted by atomic mass is 16.5. The predicted molar refractivity (Wildman–Crippen MR) is 89.1 cm³/mol. The molecule has 1 aromatic heterocycles. The van der Waals surface area contributed by atoms with E-state index in [9.17, 15) is 0 Å². The fourth-order valence-electron chi connectivity index (χ4n) is 2.02. The van der Waals surface area contributed by atoms with Gasteiger partial charge in [-0.05, 0) is 26.7 Å². The molecule has 0 aliphatic rings. The molecular formula is C16H30N4O. The second kappa shape index (κ2) is 8.82. The highest BCUT2D eigenvalue weighted by Gasteiger charge is 2.17. The Morgan fingerprint density at radius 2 is 1.76 bits per heavy atom. The lowest BCUT2D eigenvalue weighted by molar-refractivity contribution is 0.126. The van der Waals surface area contributed by atoms with Crippen molar-refractivity contribution in [3.05, 3.63) is 11.4 Å². The first-order valence-corrected chi connectivity index (χ1v) is 7.99. The van der Waals surface area contributed by atoms with Crippen molar-refractivity contribution in [1.82, 2.24) is 9.97 Å². The van der Waals surface area contributed by atoms with Crippen molar-refractivity contribution in [2.45, 2.75) is 54.0 Å². The first-order valence-electron chi connectivity index (χ1n) is 7.99. The van der Waals surface area contributed by atoms with Crippen LogP contribution in [0.2, 0.25) is 0 Å². The monoisotopic (exact) mass is 294 g/mol. The summed E-state index contributed by atoms with van der Waals surface area (Å²) in [6.07, 6.45) is 0.825. The van der Waals surface area contributed by atoms with Crippen molar-refractivity contribution in [1.29, 1.82) is 0 Å². The molecule has 0 aliphatic heterocycles. The van der Waals surface area contributed by atoms with Crippen LogP contribution in [0.1, 0.15) is 46.0 Å². The third kappa shape index (κ3) is 5.16. The zero-order valence-electron chi connectivity index (χ0n) is 14.3. The summed E-state index contributed by atoms with van der Waals surface area (Å²) in [5, 5.41) is 6.85. The Bertz CT molecular complexity index is 435. The topological polar surface area (TPSA) is 59.1 Å². The molecule has 1 atom stereocenters. The molecule has 120 valence electrons. The molecule has 5 nitrogen and oxygen atoms in total. The van der Waals surface area contributed by atoms with E-state index < -0.39 is 0 Å². The average molecular weight is 294 g/mol. The molecule has 0 saturated carbocycles. The van der Waals surface area contributed by atoms with E-state index in [1.165, 1.54) is 0 Å². The Kier molecular flexibility index (Phi) is 7.43. The van der Waals surface area contributed by atoms with E-state index in [2.05, 4.69) is 55.2 Å². The van der Waals surface area contributed by atoms with Crippen molar-refractivity contribution in [3.63, 3.8) is 0 Å². The van der Waals surface area contributed by atoms with E-state index in [-0.39, 0.29) is 6.04 Å². The van der Waals surface area contributed by atoms with Crippen LogP contribution in [0.4, 0.5) is 11.6 Å². The normalized spacial score (nSPS) is 12.5. The van der Waals surface area contributed by atoms with Crippen LogP contribution in [-0.4, -0.2) is 35.8 Å². The fourth-order valence-corrected chi connectivity index (χ4v) is 2.02. The lowest BCUT2D eigenvalue weighted by Gasteiger charge is -2.24. The maximum atomic E-state index is 5.58. The van der Waals surface area contributed by atoms with Crippen molar-refractivity contribution in [2.75, 3.05) is 30.4 Å². The third-order valence-electron chi connectivity index (χ3n) is 3.48. The zero-order chi connectivity index (χ0) is 15.8. The van der Waals surface area contributed by atoms with Crippen LogP contribution in [0.25, 0.3) is 0 Å². The van der Waals surface area contributed by atoms with E-state index >= 15 is 0 Å². The molecule has 2 N–H and O–H groups in total. The minimum atomic E-state index is 0.248. The maximum absolute atomic E-state index is 5.58. The summed E-state index contributed by atoms with van der Waals surface area (Å²) in [6, 6.07) is 0.248. The fraction of sp³-hybridized carbons (Fsp3) is 0.750. The maximum Gasteiger partial charge on any atom is 0.135 e. The highest BCUT2D eigenvalue weighted by molar-refractivity contribution is 5.57. The summed E-state index contributed by atoms with van der Waals surface area (Å²) in [5.41, 5.74) is 1.07. The van der Waals surface area contributed by atoms with Gasteiger partial charge in [-0.25, -0.2) is 9.97 Å². The summed E-state index contributed by atoms with van der Waals surface area (Å²) in [4.78, 5) is 9.21. The van der Waals surface area contributed by atoms with Gasteiger partial charge in [0.25, 0.3) is 0 Å². The van der Waals surface area contributed by atoms with Gasteiger partial charge in [0, 0.05) is 25.1 Å². The molecular weight excluding hydrogens is 264 g/mol. The molecule has 0 spiro atoms. The van der Waals surface area contributed by atoms with Crippen molar-refractivity contribution in [3.8, 4) is 0 Å². The summed E-state index contributed by atoms with van der Waals surface area (Å²) in [6.45, 7) is 14.9. The van der Waals surface area contributed by atoms with E-state index in [0.29, 0.717) is 12.5 Å². The molecule has 1 heterocycles. The standard InChI is InChI=1S/C16H30N4O/c1-7-14-19-15(17-8-2)12(6)16(20-14)18-13(11(4)5)10-21-9-3/h11,13H,7-10H2,1-6H3,(H2,17,18,19,20). The Hall–Kier alpha value is -1.36. The van der Waals surface area contributed by atoms with Gasteiger partial charge in [0.15, 0.2) is 0 Å². The Morgan fingerprint density at radius 1 is 1.10 bits per heavy atom. The summed E-state index contributed by atoms with van der Waals surface area (Å²) >= 11 is 0. The van der Waals surface area contributed by atoms with Crippen LogP contribution in [0.3, 0.4) is 0 Å². The molecule has 0 bridgehead atoms. The number of nitrogens with one attached hydrogen (secondary N) is 2. The second-order valence-electron chi connectivity index (χ2n) is 5.50. The molecule has 0 saturated heterocycles. The van der Waals surface area contributed by atoms with Gasteiger partial charge >= 0.3 is 0 Å². The number of anilines is 2. The molecule has 0 fully saturated rings. The number of aromatic nitrogens is 2. The van der Waals surface area contributed by atoms with Gasteiger partial charge in [-0.1, -0.05) is 20.8 Å². The molecule has 1 unspecified atom stereocenters. The molecule has 0 radical (unpaired) electrons. The minimum absolute atomic E-state index is 0.248. The summed E-state index contributed by atoms with van der Waals surface area (Å²) in [7, 11) is 0. The molecule has 1 aromatic rings. The SMILES string of the molecule is CCNc1nc(CC)nc(NC(COCC)C(C)C)c1C. The van der Waals surface area contributed by atoms with Crippen LogP contribution in [0.15, 0.2) is 0 Å². The van der Waals surface area contributed by atoms with Crippen LogP contribution in [0, 0.1) is 12.8 Å². The van der Waals surface area contributed by atoms with Gasteiger partial charge in [-0.3, -0.25) is 0 Å². The summed E-state index contributed by atoms with van der Waals surface area (Å²) in [5.74, 6) is 3.17. The largest absolute Gasteiger partial charge is 0.380 e. The van der Waals surface area contributed by atoms with E-state index in [1.54, 1.807) is 0 Å². The average Bonchev–Trinajstić information content (AvgIpc) is 2.46. The Morgan fingerprint density at radius 3 is 2.29 bits per heavy atom. The van der Waals surface area contributed by atoms with Crippen molar-refractivity contribution in [2.24, 2.45) is 5.92 Å². The second-order valence-corrected chi connectivity index (χ2v) is 5.50. The van der Waals surface area contributed by atoms with Crippen LogP contribution in [-0.2, 0) is 11.2 Å². The van der Waals surface area contributed by atoms with Crippen LogP contribution in [0.5, 0.6) is 0 Å². The van der Waals surface area contributed by atoms with Gasteiger partial charge in [0.2, 0.25) is 0 Å². The van der Waals surface area contributed by atoms with Gasteiger partial charge in [0.1, 0.15) is 17.5 Å². The lowest BCUT2D eigenvalue weighted by Crippen LogP contribution is -2.32. The van der Waals surface area contributed by atoms with Crippen molar-refractivity contribution < 1.29 is 4.74 Å². The Labute approximate surface area is 128 Å². The van der Waals surface area contributed by atoms with Crippen molar-refractivity contribution >= 4 is 11.6 Å². The molecule has 0 aromatic carbocycles.